The number of rotatable bonds is 5. The Labute approximate surface area is 108 Å². The third kappa shape index (κ3) is 3.54. The van der Waals surface area contributed by atoms with Gasteiger partial charge in [-0.05, 0) is 19.5 Å². The quantitative estimate of drug-likeness (QED) is 0.720. The van der Waals surface area contributed by atoms with Crippen LogP contribution in [0.4, 0.5) is 11.8 Å². The van der Waals surface area contributed by atoms with Gasteiger partial charge in [0, 0.05) is 45.5 Å². The molecule has 1 aliphatic heterocycles. The summed E-state index contributed by atoms with van der Waals surface area (Å²) in [6.45, 7) is 5.02. The van der Waals surface area contributed by atoms with Gasteiger partial charge in [-0.15, -0.1) is 0 Å². The first kappa shape index (κ1) is 13.0. The van der Waals surface area contributed by atoms with Crippen molar-refractivity contribution in [3.8, 4) is 0 Å². The van der Waals surface area contributed by atoms with E-state index < -0.39 is 0 Å². The van der Waals surface area contributed by atoms with Crippen LogP contribution in [-0.4, -0.2) is 66.4 Å². The number of hydrogen-bond donors (Lipinski definition) is 2. The van der Waals surface area contributed by atoms with Crippen LogP contribution >= 0.6 is 0 Å². The van der Waals surface area contributed by atoms with E-state index in [0.717, 1.165) is 32.0 Å². The first-order valence-corrected chi connectivity index (χ1v) is 6.41. The predicted octanol–water partition coefficient (Wildman–Crippen LogP) is 0.0227. The topological polar surface area (TPSA) is 64.5 Å². The van der Waals surface area contributed by atoms with E-state index in [-0.39, 0.29) is 6.61 Å². The summed E-state index contributed by atoms with van der Waals surface area (Å²) >= 11 is 0. The monoisotopic (exact) mass is 251 g/mol. The lowest BCUT2D eigenvalue weighted by atomic mass is 10.3. The molecule has 0 atom stereocenters. The maximum Gasteiger partial charge on any atom is 0.224 e. The number of piperazine rings is 1. The molecule has 0 aromatic carbocycles. The molecule has 1 fully saturated rings. The van der Waals surface area contributed by atoms with Gasteiger partial charge < -0.3 is 20.2 Å². The van der Waals surface area contributed by atoms with E-state index in [9.17, 15) is 0 Å². The second kappa shape index (κ2) is 6.51. The summed E-state index contributed by atoms with van der Waals surface area (Å²) in [5.74, 6) is 1.62. The molecule has 1 aromatic rings. The highest BCUT2D eigenvalue weighted by Gasteiger charge is 2.15. The van der Waals surface area contributed by atoms with E-state index in [2.05, 4.69) is 32.1 Å². The molecule has 0 bridgehead atoms. The predicted molar refractivity (Wildman–Crippen MR) is 71.9 cm³/mol. The fourth-order valence-corrected chi connectivity index (χ4v) is 1.93. The van der Waals surface area contributed by atoms with E-state index in [4.69, 9.17) is 5.11 Å². The molecule has 0 amide bonds. The summed E-state index contributed by atoms with van der Waals surface area (Å²) in [5, 5.41) is 11.8. The van der Waals surface area contributed by atoms with Crippen molar-refractivity contribution < 1.29 is 5.11 Å². The third-order valence-corrected chi connectivity index (χ3v) is 3.09. The van der Waals surface area contributed by atoms with Crippen LogP contribution in [0.5, 0.6) is 0 Å². The second-order valence-electron chi connectivity index (χ2n) is 4.53. The first-order chi connectivity index (χ1) is 8.79. The highest BCUT2D eigenvalue weighted by molar-refractivity contribution is 5.42. The fraction of sp³-hybridized carbons (Fsp3) is 0.667. The molecule has 1 saturated heterocycles. The molecular weight excluding hydrogens is 230 g/mol. The molecule has 6 heteroatoms. The van der Waals surface area contributed by atoms with Crippen molar-refractivity contribution in [3.63, 3.8) is 0 Å². The summed E-state index contributed by atoms with van der Waals surface area (Å²) in [7, 11) is 2.14. The molecule has 0 radical (unpaired) electrons. The maximum atomic E-state index is 8.73. The van der Waals surface area contributed by atoms with Crippen LogP contribution in [0.25, 0.3) is 0 Å². The summed E-state index contributed by atoms with van der Waals surface area (Å²) in [5.41, 5.74) is 0. The van der Waals surface area contributed by atoms with Crippen molar-refractivity contribution in [1.82, 2.24) is 14.9 Å². The molecular formula is C12H21N5O. The number of aliphatic hydroxyl groups excluding tert-OH is 1. The number of hydrogen-bond acceptors (Lipinski definition) is 6. The van der Waals surface area contributed by atoms with Crippen molar-refractivity contribution in [1.29, 1.82) is 0 Å². The molecule has 100 valence electrons. The Morgan fingerprint density at radius 3 is 2.83 bits per heavy atom. The van der Waals surface area contributed by atoms with E-state index in [1.165, 1.54) is 0 Å². The molecule has 0 saturated carbocycles. The Kier molecular flexibility index (Phi) is 4.72. The summed E-state index contributed by atoms with van der Waals surface area (Å²) in [6.07, 6.45) is 2.49. The molecule has 18 heavy (non-hydrogen) atoms. The van der Waals surface area contributed by atoms with Crippen LogP contribution < -0.4 is 10.2 Å². The number of anilines is 2. The average molecular weight is 251 g/mol. The van der Waals surface area contributed by atoms with Gasteiger partial charge in [-0.3, -0.25) is 0 Å². The normalized spacial score (nSPS) is 16.9. The molecule has 6 nitrogen and oxygen atoms in total. The van der Waals surface area contributed by atoms with Gasteiger partial charge in [0.1, 0.15) is 5.82 Å². The van der Waals surface area contributed by atoms with Gasteiger partial charge in [-0.1, -0.05) is 0 Å². The van der Waals surface area contributed by atoms with Crippen LogP contribution in [-0.2, 0) is 0 Å². The van der Waals surface area contributed by atoms with E-state index in [1.807, 2.05) is 6.07 Å². The number of likely N-dealkylation sites (N-methyl/N-ethyl adjacent to an activating group) is 1. The van der Waals surface area contributed by atoms with Crippen molar-refractivity contribution in [2.24, 2.45) is 0 Å². The fourth-order valence-electron chi connectivity index (χ4n) is 1.93. The van der Waals surface area contributed by atoms with E-state index in [0.29, 0.717) is 18.9 Å². The largest absolute Gasteiger partial charge is 0.396 e. The highest BCUT2D eigenvalue weighted by Crippen LogP contribution is 2.14. The Morgan fingerprint density at radius 1 is 1.33 bits per heavy atom. The minimum absolute atomic E-state index is 0.186. The maximum absolute atomic E-state index is 8.73. The number of nitrogens with zero attached hydrogens (tertiary/aromatic N) is 4. The zero-order valence-corrected chi connectivity index (χ0v) is 10.8. The van der Waals surface area contributed by atoms with Crippen LogP contribution in [0.3, 0.4) is 0 Å². The van der Waals surface area contributed by atoms with Crippen molar-refractivity contribution in [2.75, 3.05) is 56.6 Å². The molecule has 0 spiro atoms. The Morgan fingerprint density at radius 2 is 2.11 bits per heavy atom. The minimum Gasteiger partial charge on any atom is -0.396 e. The smallest absolute Gasteiger partial charge is 0.224 e. The van der Waals surface area contributed by atoms with Crippen molar-refractivity contribution >= 4 is 11.8 Å². The lowest BCUT2D eigenvalue weighted by molar-refractivity contribution is 0.292. The van der Waals surface area contributed by atoms with Crippen molar-refractivity contribution in [3.05, 3.63) is 12.3 Å². The van der Waals surface area contributed by atoms with Gasteiger partial charge in [-0.25, -0.2) is 4.98 Å². The Hall–Kier alpha value is -1.40. The molecule has 0 aliphatic carbocycles. The Bertz CT molecular complexity index is 365. The van der Waals surface area contributed by atoms with Gasteiger partial charge in [0.15, 0.2) is 0 Å². The highest BCUT2D eigenvalue weighted by atomic mass is 16.3. The molecule has 1 aliphatic rings. The first-order valence-electron chi connectivity index (χ1n) is 6.41. The Balaban J connectivity index is 1.94. The molecule has 2 N–H and O–H groups in total. The molecule has 2 heterocycles. The van der Waals surface area contributed by atoms with Crippen LogP contribution in [0.15, 0.2) is 12.3 Å². The lowest BCUT2D eigenvalue weighted by Gasteiger charge is -2.33. The summed E-state index contributed by atoms with van der Waals surface area (Å²) in [4.78, 5) is 13.3. The number of nitrogens with one attached hydrogen (secondary N) is 1. The minimum atomic E-state index is 0.186. The third-order valence-electron chi connectivity index (χ3n) is 3.09. The lowest BCUT2D eigenvalue weighted by Crippen LogP contribution is -2.44. The average Bonchev–Trinajstić information content (AvgIpc) is 2.40. The summed E-state index contributed by atoms with van der Waals surface area (Å²) < 4.78 is 0. The number of aromatic nitrogens is 2. The van der Waals surface area contributed by atoms with Crippen molar-refractivity contribution in [2.45, 2.75) is 6.42 Å². The zero-order valence-electron chi connectivity index (χ0n) is 10.8. The van der Waals surface area contributed by atoms with Gasteiger partial charge >= 0.3 is 0 Å². The van der Waals surface area contributed by atoms with E-state index in [1.54, 1.807) is 6.20 Å². The second-order valence-corrected chi connectivity index (χ2v) is 4.53. The van der Waals surface area contributed by atoms with Gasteiger partial charge in [0.05, 0.1) is 0 Å². The van der Waals surface area contributed by atoms with Crippen LogP contribution in [0.1, 0.15) is 6.42 Å². The zero-order chi connectivity index (χ0) is 12.8. The van der Waals surface area contributed by atoms with Gasteiger partial charge in [0.25, 0.3) is 0 Å². The molecule has 1 aromatic heterocycles. The number of aliphatic hydroxyl groups is 1. The van der Waals surface area contributed by atoms with E-state index >= 15 is 0 Å². The van der Waals surface area contributed by atoms with Crippen LogP contribution in [0, 0.1) is 0 Å². The molecule has 0 unspecified atom stereocenters. The SMILES string of the molecule is CN1CCN(c2ccnc(NCCCO)n2)CC1. The standard InChI is InChI=1S/C12H21N5O/c1-16-6-8-17(9-7-16)11-3-5-14-12(15-11)13-4-2-10-18/h3,5,18H,2,4,6-10H2,1H3,(H,13,14,15). The van der Waals surface area contributed by atoms with Crippen LogP contribution in [0.2, 0.25) is 0 Å². The van der Waals surface area contributed by atoms with Gasteiger partial charge in [-0.2, -0.15) is 4.98 Å². The summed E-state index contributed by atoms with van der Waals surface area (Å²) in [6, 6.07) is 1.95. The molecule has 2 rings (SSSR count). The van der Waals surface area contributed by atoms with Gasteiger partial charge in [0.2, 0.25) is 5.95 Å².